The molecule has 0 unspecified atom stereocenters. The summed E-state index contributed by atoms with van der Waals surface area (Å²) in [5, 5.41) is 0. The summed E-state index contributed by atoms with van der Waals surface area (Å²) in [6.07, 6.45) is 1.51. The average molecular weight is 219 g/mol. The van der Waals surface area contributed by atoms with E-state index in [1.807, 2.05) is 24.3 Å². The lowest BCUT2D eigenvalue weighted by Gasteiger charge is -2.23. The van der Waals surface area contributed by atoms with Crippen LogP contribution < -0.4 is 5.73 Å². The van der Waals surface area contributed by atoms with Crippen molar-refractivity contribution >= 4 is 5.78 Å². The van der Waals surface area contributed by atoms with Gasteiger partial charge in [-0.3, -0.25) is 4.79 Å². The van der Waals surface area contributed by atoms with Crippen LogP contribution >= 0.6 is 0 Å². The average Bonchev–Trinajstić information content (AvgIpc) is 2.29. The number of ketones is 1. The summed E-state index contributed by atoms with van der Waals surface area (Å²) in [4.78, 5) is 11.6. The second kappa shape index (κ2) is 5.26. The van der Waals surface area contributed by atoms with Crippen molar-refractivity contribution in [2.45, 2.75) is 39.0 Å². The van der Waals surface area contributed by atoms with Crippen LogP contribution in [-0.4, -0.2) is 12.3 Å². The second-order valence-corrected chi connectivity index (χ2v) is 4.78. The molecule has 0 aliphatic carbocycles. The van der Waals surface area contributed by atoms with Crippen molar-refractivity contribution in [1.29, 1.82) is 0 Å². The predicted octanol–water partition coefficient (Wildman–Crippen LogP) is 2.91. The van der Waals surface area contributed by atoms with Gasteiger partial charge < -0.3 is 5.73 Å². The van der Waals surface area contributed by atoms with Crippen LogP contribution in [0.4, 0.5) is 0 Å². The molecule has 0 fully saturated rings. The molecule has 0 aliphatic heterocycles. The molecule has 0 atom stereocenters. The number of carbonyl (C=O) groups is 1. The Morgan fingerprint density at radius 1 is 1.25 bits per heavy atom. The van der Waals surface area contributed by atoms with Crippen molar-refractivity contribution in [2.24, 2.45) is 5.73 Å². The Morgan fingerprint density at radius 3 is 2.25 bits per heavy atom. The smallest absolute Gasteiger partial charge is 0.164 e. The molecule has 2 heteroatoms. The molecule has 0 heterocycles. The van der Waals surface area contributed by atoms with Gasteiger partial charge in [-0.15, -0.1) is 0 Å². The quantitative estimate of drug-likeness (QED) is 0.774. The number of hydrogen-bond donors (Lipinski definition) is 1. The first-order valence-electron chi connectivity index (χ1n) is 5.85. The van der Waals surface area contributed by atoms with Gasteiger partial charge in [-0.1, -0.05) is 45.0 Å². The fourth-order valence-electron chi connectivity index (χ4n) is 1.59. The Balaban J connectivity index is 2.87. The molecular weight excluding hydrogens is 198 g/mol. The van der Waals surface area contributed by atoms with Gasteiger partial charge in [-0.2, -0.15) is 0 Å². The van der Waals surface area contributed by atoms with Gasteiger partial charge >= 0.3 is 0 Å². The first-order valence-corrected chi connectivity index (χ1v) is 5.85. The molecule has 0 aliphatic rings. The van der Waals surface area contributed by atoms with Crippen LogP contribution in [0.25, 0.3) is 0 Å². The van der Waals surface area contributed by atoms with Gasteiger partial charge in [-0.05, 0) is 23.9 Å². The first-order chi connectivity index (χ1) is 7.51. The summed E-state index contributed by atoms with van der Waals surface area (Å²) in [7, 11) is 0. The summed E-state index contributed by atoms with van der Waals surface area (Å²) in [6.45, 7) is 7.02. The van der Waals surface area contributed by atoms with Crippen molar-refractivity contribution in [2.75, 3.05) is 6.54 Å². The Labute approximate surface area is 97.9 Å². The molecule has 0 aromatic heterocycles. The van der Waals surface area contributed by atoms with Crippen molar-refractivity contribution < 1.29 is 4.79 Å². The number of nitrogens with two attached hydrogens (primary N) is 1. The maximum Gasteiger partial charge on any atom is 0.164 e. The first kappa shape index (κ1) is 12.9. The monoisotopic (exact) mass is 219 g/mol. The van der Waals surface area contributed by atoms with Crippen molar-refractivity contribution in [1.82, 2.24) is 0 Å². The lowest BCUT2D eigenvalue weighted by atomic mass is 9.82. The van der Waals surface area contributed by atoms with E-state index in [-0.39, 0.29) is 11.2 Å². The molecule has 0 bridgehead atoms. The zero-order valence-corrected chi connectivity index (χ0v) is 10.4. The Morgan fingerprint density at radius 2 is 1.81 bits per heavy atom. The van der Waals surface area contributed by atoms with E-state index in [0.717, 1.165) is 12.0 Å². The minimum Gasteiger partial charge on any atom is -0.330 e. The van der Waals surface area contributed by atoms with Gasteiger partial charge in [0.2, 0.25) is 0 Å². The van der Waals surface area contributed by atoms with Crippen LogP contribution in [0.2, 0.25) is 0 Å². The third-order valence-corrected chi connectivity index (χ3v) is 3.24. The summed E-state index contributed by atoms with van der Waals surface area (Å²) >= 11 is 0. The predicted molar refractivity (Wildman–Crippen MR) is 67.8 cm³/mol. The maximum absolute atomic E-state index is 11.6. The molecule has 0 saturated heterocycles. The van der Waals surface area contributed by atoms with Crippen LogP contribution in [0.1, 0.15) is 49.5 Å². The molecule has 0 radical (unpaired) electrons. The van der Waals surface area contributed by atoms with Gasteiger partial charge in [0.1, 0.15) is 0 Å². The van der Waals surface area contributed by atoms with Gasteiger partial charge in [0.25, 0.3) is 0 Å². The van der Waals surface area contributed by atoms with E-state index in [1.165, 1.54) is 5.56 Å². The highest BCUT2D eigenvalue weighted by Gasteiger charge is 2.17. The topological polar surface area (TPSA) is 43.1 Å². The van der Waals surface area contributed by atoms with Crippen LogP contribution in [-0.2, 0) is 5.41 Å². The lowest BCUT2D eigenvalue weighted by Crippen LogP contribution is -2.15. The van der Waals surface area contributed by atoms with E-state index in [9.17, 15) is 4.79 Å². The molecule has 1 aromatic rings. The number of rotatable bonds is 5. The molecule has 2 N–H and O–H groups in total. The molecule has 0 amide bonds. The van der Waals surface area contributed by atoms with Gasteiger partial charge in [0, 0.05) is 12.0 Å². The van der Waals surface area contributed by atoms with E-state index in [2.05, 4.69) is 20.8 Å². The number of Topliss-reactive ketones (excluding diaryl/α,β-unsaturated/α-hetero) is 1. The molecule has 0 saturated carbocycles. The SMILES string of the molecule is CCC(C)(C)c1ccc(C(=O)CCN)cc1. The summed E-state index contributed by atoms with van der Waals surface area (Å²) in [5.74, 6) is 0.128. The highest BCUT2D eigenvalue weighted by atomic mass is 16.1. The van der Waals surface area contributed by atoms with Crippen molar-refractivity contribution in [3.8, 4) is 0 Å². The molecule has 2 nitrogen and oxygen atoms in total. The molecule has 88 valence electrons. The molecule has 1 rings (SSSR count). The molecule has 0 spiro atoms. The number of carbonyl (C=O) groups excluding carboxylic acids is 1. The lowest BCUT2D eigenvalue weighted by molar-refractivity contribution is 0.0985. The van der Waals surface area contributed by atoms with Crippen LogP contribution in [0, 0.1) is 0 Å². The van der Waals surface area contributed by atoms with Gasteiger partial charge in [0.05, 0.1) is 0 Å². The fraction of sp³-hybridized carbons (Fsp3) is 0.500. The van der Waals surface area contributed by atoms with Gasteiger partial charge in [-0.25, -0.2) is 0 Å². The van der Waals surface area contributed by atoms with Crippen molar-refractivity contribution in [3.63, 3.8) is 0 Å². The molecule has 16 heavy (non-hydrogen) atoms. The van der Waals surface area contributed by atoms with Gasteiger partial charge in [0.15, 0.2) is 5.78 Å². The summed E-state index contributed by atoms with van der Waals surface area (Å²) in [6, 6.07) is 7.91. The third-order valence-electron chi connectivity index (χ3n) is 3.24. The van der Waals surface area contributed by atoms with E-state index in [0.29, 0.717) is 13.0 Å². The second-order valence-electron chi connectivity index (χ2n) is 4.78. The highest BCUT2D eigenvalue weighted by Crippen LogP contribution is 2.26. The highest BCUT2D eigenvalue weighted by molar-refractivity contribution is 5.96. The van der Waals surface area contributed by atoms with E-state index < -0.39 is 0 Å². The minimum atomic E-state index is 0.128. The Hall–Kier alpha value is -1.15. The van der Waals surface area contributed by atoms with Crippen molar-refractivity contribution in [3.05, 3.63) is 35.4 Å². The minimum absolute atomic E-state index is 0.128. The summed E-state index contributed by atoms with van der Waals surface area (Å²) < 4.78 is 0. The van der Waals surface area contributed by atoms with E-state index >= 15 is 0 Å². The Bertz CT molecular complexity index is 352. The number of hydrogen-bond acceptors (Lipinski definition) is 2. The summed E-state index contributed by atoms with van der Waals surface area (Å²) in [5.41, 5.74) is 7.58. The standard InChI is InChI=1S/C14H21NO/c1-4-14(2,3)12-7-5-11(6-8-12)13(16)9-10-15/h5-8H,4,9-10,15H2,1-3H3. The Kier molecular flexibility index (Phi) is 4.25. The van der Waals surface area contributed by atoms with Crippen LogP contribution in [0.15, 0.2) is 24.3 Å². The molecule has 1 aromatic carbocycles. The third kappa shape index (κ3) is 2.92. The van der Waals surface area contributed by atoms with Crippen LogP contribution in [0.3, 0.4) is 0 Å². The largest absolute Gasteiger partial charge is 0.330 e. The normalized spacial score (nSPS) is 11.5. The fourth-order valence-corrected chi connectivity index (χ4v) is 1.59. The van der Waals surface area contributed by atoms with E-state index in [1.54, 1.807) is 0 Å². The zero-order chi connectivity index (χ0) is 12.2. The maximum atomic E-state index is 11.6. The number of benzene rings is 1. The van der Waals surface area contributed by atoms with E-state index in [4.69, 9.17) is 5.73 Å². The zero-order valence-electron chi connectivity index (χ0n) is 10.4. The van der Waals surface area contributed by atoms with Crippen LogP contribution in [0.5, 0.6) is 0 Å². The molecular formula is C14H21NO.